The summed E-state index contributed by atoms with van der Waals surface area (Å²) in [5.41, 5.74) is 1.63. The van der Waals surface area contributed by atoms with E-state index >= 15 is 0 Å². The van der Waals surface area contributed by atoms with E-state index in [2.05, 4.69) is 10.6 Å². The highest BCUT2D eigenvalue weighted by Crippen LogP contribution is 2.23. The van der Waals surface area contributed by atoms with E-state index in [9.17, 15) is 14.0 Å². The predicted octanol–water partition coefficient (Wildman–Crippen LogP) is 4.76. The summed E-state index contributed by atoms with van der Waals surface area (Å²) in [7, 11) is 0. The number of hydrogen-bond donors (Lipinski definition) is 2. The minimum atomic E-state index is -0.332. The molecule has 0 heterocycles. The Balaban J connectivity index is 1.35. The van der Waals surface area contributed by atoms with Gasteiger partial charge in [-0.15, -0.1) is 0 Å². The van der Waals surface area contributed by atoms with Crippen molar-refractivity contribution in [2.45, 2.75) is 18.9 Å². The molecule has 1 fully saturated rings. The van der Waals surface area contributed by atoms with Crippen LogP contribution in [0.4, 0.5) is 10.1 Å². The van der Waals surface area contributed by atoms with Crippen LogP contribution in [-0.4, -0.2) is 17.9 Å². The van der Waals surface area contributed by atoms with Gasteiger partial charge in [-0.3, -0.25) is 9.59 Å². The molecule has 2 N–H and O–H groups in total. The number of carbonyl (C=O) groups is 2. The first-order valence-electron chi connectivity index (χ1n) is 9.32. The van der Waals surface area contributed by atoms with Crippen LogP contribution in [0.5, 0.6) is 11.5 Å². The van der Waals surface area contributed by atoms with Crippen LogP contribution in [0.25, 0.3) is 0 Å². The van der Waals surface area contributed by atoms with Crippen molar-refractivity contribution >= 4 is 17.5 Å². The first-order valence-corrected chi connectivity index (χ1v) is 9.32. The van der Waals surface area contributed by atoms with Crippen molar-refractivity contribution in [1.82, 2.24) is 5.32 Å². The normalized spacial score (nSPS) is 12.9. The quantitative estimate of drug-likeness (QED) is 0.638. The first-order chi connectivity index (χ1) is 14.1. The molecule has 5 nitrogen and oxygen atoms in total. The van der Waals surface area contributed by atoms with Gasteiger partial charge in [0.2, 0.25) is 0 Å². The lowest BCUT2D eigenvalue weighted by Crippen LogP contribution is -2.25. The van der Waals surface area contributed by atoms with Crippen LogP contribution in [0.2, 0.25) is 0 Å². The fourth-order valence-corrected chi connectivity index (χ4v) is 2.72. The third-order valence-corrected chi connectivity index (χ3v) is 4.48. The van der Waals surface area contributed by atoms with Gasteiger partial charge in [0.15, 0.2) is 0 Å². The van der Waals surface area contributed by atoms with Crippen LogP contribution in [0.1, 0.15) is 33.6 Å². The number of carbonyl (C=O) groups excluding carboxylic acids is 2. The van der Waals surface area contributed by atoms with E-state index in [1.165, 1.54) is 24.3 Å². The third-order valence-electron chi connectivity index (χ3n) is 4.48. The minimum absolute atomic E-state index is 0.0953. The monoisotopic (exact) mass is 390 g/mol. The van der Waals surface area contributed by atoms with E-state index in [1.807, 2.05) is 0 Å². The summed E-state index contributed by atoms with van der Waals surface area (Å²) in [6.07, 6.45) is 2.07. The number of ether oxygens (including phenoxy) is 1. The van der Waals surface area contributed by atoms with Crippen LogP contribution >= 0.6 is 0 Å². The molecule has 4 rings (SSSR count). The molecule has 29 heavy (non-hydrogen) atoms. The molecular weight excluding hydrogens is 371 g/mol. The summed E-state index contributed by atoms with van der Waals surface area (Å²) < 4.78 is 18.6. The Hall–Kier alpha value is -3.67. The van der Waals surface area contributed by atoms with E-state index in [4.69, 9.17) is 4.74 Å². The molecule has 0 saturated heterocycles. The lowest BCUT2D eigenvalue weighted by molar-refractivity contribution is 0.0950. The molecule has 0 bridgehead atoms. The molecular formula is C23H19FN2O3. The zero-order chi connectivity index (χ0) is 20.2. The van der Waals surface area contributed by atoms with Gasteiger partial charge in [-0.05, 0) is 85.6 Å². The fraction of sp³-hybridized carbons (Fsp3) is 0.130. The highest BCUT2D eigenvalue weighted by molar-refractivity contribution is 6.04. The zero-order valence-electron chi connectivity index (χ0n) is 15.5. The summed E-state index contributed by atoms with van der Waals surface area (Å²) in [6, 6.07) is 19.4. The molecule has 3 aromatic rings. The van der Waals surface area contributed by atoms with Crippen LogP contribution < -0.4 is 15.4 Å². The second-order valence-electron chi connectivity index (χ2n) is 6.86. The van der Waals surface area contributed by atoms with Crippen molar-refractivity contribution in [2.75, 3.05) is 5.32 Å². The number of benzene rings is 3. The average Bonchev–Trinajstić information content (AvgIpc) is 3.55. The lowest BCUT2D eigenvalue weighted by atomic mass is 10.1. The van der Waals surface area contributed by atoms with Crippen LogP contribution in [0, 0.1) is 5.82 Å². The van der Waals surface area contributed by atoms with Crippen molar-refractivity contribution in [3.63, 3.8) is 0 Å². The number of hydrogen-bond acceptors (Lipinski definition) is 3. The number of anilines is 1. The molecule has 146 valence electrons. The molecule has 0 unspecified atom stereocenters. The van der Waals surface area contributed by atoms with Crippen molar-refractivity contribution in [3.05, 3.63) is 89.7 Å². The maximum absolute atomic E-state index is 12.9. The molecule has 6 heteroatoms. The summed E-state index contributed by atoms with van der Waals surface area (Å²) in [4.78, 5) is 24.4. The van der Waals surface area contributed by atoms with E-state index in [-0.39, 0.29) is 17.6 Å². The predicted molar refractivity (Wildman–Crippen MR) is 108 cm³/mol. The van der Waals surface area contributed by atoms with Gasteiger partial charge in [0.1, 0.15) is 17.3 Å². The Bertz CT molecular complexity index is 1010. The molecule has 3 aromatic carbocycles. The molecule has 1 aliphatic rings. The van der Waals surface area contributed by atoms with Crippen LogP contribution in [0.15, 0.2) is 72.8 Å². The Kier molecular flexibility index (Phi) is 5.24. The van der Waals surface area contributed by atoms with Crippen molar-refractivity contribution < 1.29 is 18.7 Å². The van der Waals surface area contributed by atoms with Gasteiger partial charge in [-0.1, -0.05) is 0 Å². The molecule has 0 spiro atoms. The van der Waals surface area contributed by atoms with Gasteiger partial charge >= 0.3 is 0 Å². The van der Waals surface area contributed by atoms with Gasteiger partial charge in [0.05, 0.1) is 0 Å². The molecule has 0 radical (unpaired) electrons. The highest BCUT2D eigenvalue weighted by Gasteiger charge is 2.23. The largest absolute Gasteiger partial charge is 0.457 e. The minimum Gasteiger partial charge on any atom is -0.457 e. The second-order valence-corrected chi connectivity index (χ2v) is 6.86. The standard InChI is InChI=1S/C23H19FN2O3/c24-17-5-13-21(14-6-17)29-20-11-3-16(4-12-20)23(28)25-18-7-1-15(2-8-18)22(27)26-19-9-10-19/h1-8,11-14,19H,9-10H2,(H,25,28)(H,26,27). The molecule has 2 amide bonds. The second kappa shape index (κ2) is 8.14. The van der Waals surface area contributed by atoms with Crippen molar-refractivity contribution in [2.24, 2.45) is 0 Å². The Labute approximate surface area is 167 Å². The fourth-order valence-electron chi connectivity index (χ4n) is 2.72. The van der Waals surface area contributed by atoms with Gasteiger partial charge in [0.25, 0.3) is 11.8 Å². The summed E-state index contributed by atoms with van der Waals surface area (Å²) in [5, 5.41) is 5.72. The molecule has 0 atom stereocenters. The Morgan fingerprint density at radius 1 is 0.759 bits per heavy atom. The van der Waals surface area contributed by atoms with E-state index in [1.54, 1.807) is 48.5 Å². The summed E-state index contributed by atoms with van der Waals surface area (Å²) in [5.74, 6) is 0.352. The zero-order valence-corrected chi connectivity index (χ0v) is 15.5. The van der Waals surface area contributed by atoms with E-state index in [0.29, 0.717) is 34.4 Å². The highest BCUT2D eigenvalue weighted by atomic mass is 19.1. The van der Waals surface area contributed by atoms with Gasteiger partial charge < -0.3 is 15.4 Å². The third kappa shape index (κ3) is 4.99. The van der Waals surface area contributed by atoms with E-state index < -0.39 is 0 Å². The molecule has 0 aromatic heterocycles. The summed E-state index contributed by atoms with van der Waals surface area (Å²) in [6.45, 7) is 0. The Morgan fingerprint density at radius 3 is 1.86 bits per heavy atom. The first kappa shape index (κ1) is 18.7. The smallest absolute Gasteiger partial charge is 0.255 e. The lowest BCUT2D eigenvalue weighted by Gasteiger charge is -2.09. The van der Waals surface area contributed by atoms with Crippen LogP contribution in [-0.2, 0) is 0 Å². The number of nitrogens with one attached hydrogen (secondary N) is 2. The maximum Gasteiger partial charge on any atom is 0.255 e. The molecule has 0 aliphatic heterocycles. The average molecular weight is 390 g/mol. The van der Waals surface area contributed by atoms with E-state index in [0.717, 1.165) is 12.8 Å². The van der Waals surface area contributed by atoms with Crippen molar-refractivity contribution in [1.29, 1.82) is 0 Å². The number of rotatable bonds is 6. The van der Waals surface area contributed by atoms with Crippen LogP contribution in [0.3, 0.4) is 0 Å². The molecule has 1 aliphatic carbocycles. The topological polar surface area (TPSA) is 67.4 Å². The number of halogens is 1. The number of amides is 2. The SMILES string of the molecule is O=C(Nc1ccc(C(=O)NC2CC2)cc1)c1ccc(Oc2ccc(F)cc2)cc1. The van der Waals surface area contributed by atoms with Crippen molar-refractivity contribution in [3.8, 4) is 11.5 Å². The Morgan fingerprint density at radius 2 is 1.28 bits per heavy atom. The van der Waals surface area contributed by atoms with Gasteiger partial charge in [-0.2, -0.15) is 0 Å². The molecule has 1 saturated carbocycles. The summed E-state index contributed by atoms with van der Waals surface area (Å²) >= 11 is 0. The maximum atomic E-state index is 12.9. The van der Waals surface area contributed by atoms with Gasteiger partial charge in [0, 0.05) is 22.9 Å². The van der Waals surface area contributed by atoms with Gasteiger partial charge in [-0.25, -0.2) is 4.39 Å².